The van der Waals surface area contributed by atoms with Gasteiger partial charge in [0.1, 0.15) is 0 Å². The quantitative estimate of drug-likeness (QED) is 0.776. The summed E-state index contributed by atoms with van der Waals surface area (Å²) in [6, 6.07) is 16.4. The van der Waals surface area contributed by atoms with Crippen LogP contribution in [0.2, 0.25) is 5.02 Å². The van der Waals surface area contributed by atoms with Crippen LogP contribution in [-0.2, 0) is 6.54 Å². The molecule has 0 aliphatic heterocycles. The molecule has 3 aromatic rings. The lowest BCUT2D eigenvalue weighted by atomic mass is 10.0. The number of hydrogen-bond acceptors (Lipinski definition) is 2. The first-order valence-electron chi connectivity index (χ1n) is 6.56. The molecular weight excluding hydrogens is 268 g/mol. The lowest BCUT2D eigenvalue weighted by Gasteiger charge is -2.08. The fourth-order valence-corrected chi connectivity index (χ4v) is 2.49. The Labute approximate surface area is 123 Å². The molecule has 0 radical (unpaired) electrons. The molecule has 0 bridgehead atoms. The summed E-state index contributed by atoms with van der Waals surface area (Å²) in [6.07, 6.45) is 1.91. The van der Waals surface area contributed by atoms with E-state index in [4.69, 9.17) is 11.6 Å². The minimum absolute atomic E-state index is 0.758. The third kappa shape index (κ3) is 2.53. The maximum atomic E-state index is 6.20. The molecule has 1 N–H and O–H groups in total. The molecule has 0 unspecified atom stereocenters. The fraction of sp³-hybridized carbons (Fsp3) is 0.118. The molecule has 0 fully saturated rings. The van der Waals surface area contributed by atoms with E-state index in [0.29, 0.717) is 0 Å². The molecular formula is C17H15ClN2. The number of nitrogens with one attached hydrogen (secondary N) is 1. The van der Waals surface area contributed by atoms with Gasteiger partial charge in [-0.2, -0.15) is 0 Å². The van der Waals surface area contributed by atoms with Crippen molar-refractivity contribution in [3.63, 3.8) is 0 Å². The van der Waals surface area contributed by atoms with E-state index in [1.165, 1.54) is 0 Å². The molecule has 1 aromatic heterocycles. The summed E-state index contributed by atoms with van der Waals surface area (Å²) in [5.74, 6) is 0. The van der Waals surface area contributed by atoms with Gasteiger partial charge in [0.25, 0.3) is 0 Å². The smallest absolute Gasteiger partial charge is 0.0702 e. The number of fused-ring (bicyclic) bond motifs is 1. The summed E-state index contributed by atoms with van der Waals surface area (Å²) in [4.78, 5) is 4.51. The number of nitrogens with zero attached hydrogens (tertiary/aromatic N) is 1. The maximum Gasteiger partial charge on any atom is 0.0702 e. The molecule has 0 atom stereocenters. The first kappa shape index (κ1) is 13.1. The summed E-state index contributed by atoms with van der Waals surface area (Å²) in [5.41, 5.74) is 4.36. The highest BCUT2D eigenvalue weighted by molar-refractivity contribution is 6.31. The third-order valence-corrected chi connectivity index (χ3v) is 3.71. The number of aromatic nitrogens is 1. The van der Waals surface area contributed by atoms with Crippen LogP contribution in [0.3, 0.4) is 0 Å². The minimum atomic E-state index is 0.758. The monoisotopic (exact) mass is 282 g/mol. The average Bonchev–Trinajstić information content (AvgIpc) is 2.49. The molecule has 0 saturated heterocycles. The van der Waals surface area contributed by atoms with E-state index < -0.39 is 0 Å². The van der Waals surface area contributed by atoms with Crippen LogP contribution in [0.4, 0.5) is 0 Å². The predicted octanol–water partition coefficient (Wildman–Crippen LogP) is 4.27. The van der Waals surface area contributed by atoms with E-state index in [-0.39, 0.29) is 0 Å². The van der Waals surface area contributed by atoms with Crippen LogP contribution in [0, 0.1) is 0 Å². The zero-order chi connectivity index (χ0) is 13.9. The number of benzene rings is 2. The molecule has 2 aromatic carbocycles. The standard InChI is InChI=1S/C17H15ClN2/c1-19-10-15-8-12(6-7-16(15)18)14-9-13-4-2-3-5-17(13)20-11-14/h2-9,11,19H,10H2,1H3. The van der Waals surface area contributed by atoms with Gasteiger partial charge in [-0.05, 0) is 42.4 Å². The topological polar surface area (TPSA) is 24.9 Å². The van der Waals surface area contributed by atoms with Crippen molar-refractivity contribution >= 4 is 22.5 Å². The Kier molecular flexibility index (Phi) is 3.68. The Morgan fingerprint density at radius 3 is 2.75 bits per heavy atom. The van der Waals surface area contributed by atoms with Gasteiger partial charge in [0.2, 0.25) is 0 Å². The Morgan fingerprint density at radius 2 is 1.90 bits per heavy atom. The zero-order valence-corrected chi connectivity index (χ0v) is 12.0. The van der Waals surface area contributed by atoms with E-state index in [2.05, 4.69) is 28.5 Å². The van der Waals surface area contributed by atoms with Crippen LogP contribution >= 0.6 is 11.6 Å². The van der Waals surface area contributed by atoms with Gasteiger partial charge in [0.05, 0.1) is 5.52 Å². The first-order valence-corrected chi connectivity index (χ1v) is 6.94. The van der Waals surface area contributed by atoms with Crippen LogP contribution in [0.1, 0.15) is 5.56 Å². The van der Waals surface area contributed by atoms with Gasteiger partial charge < -0.3 is 5.32 Å². The molecule has 3 rings (SSSR count). The van der Waals surface area contributed by atoms with Crippen LogP contribution in [-0.4, -0.2) is 12.0 Å². The number of rotatable bonds is 3. The highest BCUT2D eigenvalue weighted by Crippen LogP contribution is 2.26. The summed E-state index contributed by atoms with van der Waals surface area (Å²) in [5, 5.41) is 5.07. The van der Waals surface area contributed by atoms with Gasteiger partial charge >= 0.3 is 0 Å². The zero-order valence-electron chi connectivity index (χ0n) is 11.2. The molecule has 0 saturated carbocycles. The average molecular weight is 283 g/mol. The van der Waals surface area contributed by atoms with Gasteiger partial charge in [0, 0.05) is 28.7 Å². The van der Waals surface area contributed by atoms with E-state index in [9.17, 15) is 0 Å². The maximum absolute atomic E-state index is 6.20. The molecule has 2 nitrogen and oxygen atoms in total. The van der Waals surface area contributed by atoms with Crippen molar-refractivity contribution in [2.75, 3.05) is 7.05 Å². The van der Waals surface area contributed by atoms with Crippen molar-refractivity contribution < 1.29 is 0 Å². The Bertz CT molecular complexity index is 753. The number of pyridine rings is 1. The highest BCUT2D eigenvalue weighted by Gasteiger charge is 2.05. The van der Waals surface area contributed by atoms with Crippen molar-refractivity contribution in [1.82, 2.24) is 10.3 Å². The second kappa shape index (κ2) is 5.61. The van der Waals surface area contributed by atoms with E-state index in [1.807, 2.05) is 43.6 Å². The summed E-state index contributed by atoms with van der Waals surface area (Å²) in [6.45, 7) is 0.758. The first-order chi connectivity index (χ1) is 9.78. The minimum Gasteiger partial charge on any atom is -0.316 e. The van der Waals surface area contributed by atoms with Gasteiger partial charge in [-0.3, -0.25) is 4.98 Å². The van der Waals surface area contributed by atoms with Crippen LogP contribution in [0.15, 0.2) is 54.7 Å². The second-order valence-corrected chi connectivity index (χ2v) is 5.16. The fourth-order valence-electron chi connectivity index (χ4n) is 2.31. The predicted molar refractivity (Wildman–Crippen MR) is 85.0 cm³/mol. The van der Waals surface area contributed by atoms with Crippen LogP contribution in [0.25, 0.3) is 22.0 Å². The lowest BCUT2D eigenvalue weighted by molar-refractivity contribution is 0.818. The second-order valence-electron chi connectivity index (χ2n) is 4.75. The largest absolute Gasteiger partial charge is 0.316 e. The Hall–Kier alpha value is -1.90. The van der Waals surface area contributed by atoms with E-state index in [0.717, 1.165) is 39.2 Å². The Morgan fingerprint density at radius 1 is 1.05 bits per heavy atom. The van der Waals surface area contributed by atoms with E-state index >= 15 is 0 Å². The van der Waals surface area contributed by atoms with Gasteiger partial charge in [0.15, 0.2) is 0 Å². The molecule has 3 heteroatoms. The van der Waals surface area contributed by atoms with Crippen molar-refractivity contribution in [2.24, 2.45) is 0 Å². The van der Waals surface area contributed by atoms with Crippen LogP contribution in [0.5, 0.6) is 0 Å². The molecule has 0 aliphatic rings. The summed E-state index contributed by atoms with van der Waals surface area (Å²) in [7, 11) is 1.92. The van der Waals surface area contributed by atoms with Crippen molar-refractivity contribution in [2.45, 2.75) is 6.54 Å². The molecule has 100 valence electrons. The van der Waals surface area contributed by atoms with E-state index in [1.54, 1.807) is 0 Å². The number of para-hydroxylation sites is 1. The van der Waals surface area contributed by atoms with Gasteiger partial charge in [-0.1, -0.05) is 35.9 Å². The normalized spacial score (nSPS) is 10.9. The van der Waals surface area contributed by atoms with Gasteiger partial charge in [-0.25, -0.2) is 0 Å². The molecule has 20 heavy (non-hydrogen) atoms. The van der Waals surface area contributed by atoms with Crippen molar-refractivity contribution in [3.8, 4) is 11.1 Å². The lowest BCUT2D eigenvalue weighted by Crippen LogP contribution is -2.05. The summed E-state index contributed by atoms with van der Waals surface area (Å²) < 4.78 is 0. The highest BCUT2D eigenvalue weighted by atomic mass is 35.5. The Balaban J connectivity index is 2.08. The molecule has 1 heterocycles. The van der Waals surface area contributed by atoms with Crippen LogP contribution < -0.4 is 5.32 Å². The summed E-state index contributed by atoms with van der Waals surface area (Å²) >= 11 is 6.20. The number of hydrogen-bond donors (Lipinski definition) is 1. The SMILES string of the molecule is CNCc1cc(-c2cnc3ccccc3c2)ccc1Cl. The van der Waals surface area contributed by atoms with Crippen molar-refractivity contribution in [1.29, 1.82) is 0 Å². The third-order valence-electron chi connectivity index (χ3n) is 3.34. The number of halogens is 1. The van der Waals surface area contributed by atoms with Gasteiger partial charge in [-0.15, -0.1) is 0 Å². The molecule has 0 amide bonds. The van der Waals surface area contributed by atoms with Crippen molar-refractivity contribution in [3.05, 3.63) is 65.3 Å². The molecule has 0 spiro atoms. The molecule has 0 aliphatic carbocycles.